The van der Waals surface area contributed by atoms with Gasteiger partial charge in [-0.05, 0) is 24.3 Å². The zero-order valence-electron chi connectivity index (χ0n) is 9.11. The molecule has 3 aromatic rings. The van der Waals surface area contributed by atoms with Gasteiger partial charge in [0.15, 0.2) is 0 Å². The molecule has 90 valence electrons. The molecule has 0 atom stereocenters. The van der Waals surface area contributed by atoms with Crippen molar-refractivity contribution < 1.29 is 4.39 Å². The molecule has 18 heavy (non-hydrogen) atoms. The Morgan fingerprint density at radius 2 is 2.11 bits per heavy atom. The van der Waals surface area contributed by atoms with Gasteiger partial charge in [-0.1, -0.05) is 11.6 Å². The van der Waals surface area contributed by atoms with Crippen molar-refractivity contribution in [2.24, 2.45) is 0 Å². The Bertz CT molecular complexity index is 690. The summed E-state index contributed by atoms with van der Waals surface area (Å²) in [5.41, 5.74) is 1.26. The Labute approximate surface area is 107 Å². The van der Waals surface area contributed by atoms with Crippen molar-refractivity contribution in [3.05, 3.63) is 47.6 Å². The maximum atomic E-state index is 13.2. The van der Waals surface area contributed by atoms with E-state index >= 15 is 0 Å². The minimum atomic E-state index is -0.399. The van der Waals surface area contributed by atoms with Crippen LogP contribution >= 0.6 is 11.6 Å². The number of fused-ring (bicyclic) bond motifs is 1. The molecule has 0 amide bonds. The molecule has 0 fully saturated rings. The third-order valence-electron chi connectivity index (χ3n) is 2.48. The smallest absolute Gasteiger partial charge is 0.143 e. The number of nitrogens with zero attached hydrogens (tertiary/aromatic N) is 2. The van der Waals surface area contributed by atoms with E-state index in [0.717, 1.165) is 11.0 Å². The predicted octanol–water partition coefficient (Wildman–Crippen LogP) is 3.49. The van der Waals surface area contributed by atoms with Crippen molar-refractivity contribution in [2.45, 2.75) is 0 Å². The monoisotopic (exact) mass is 262 g/mol. The van der Waals surface area contributed by atoms with Crippen LogP contribution in [0.25, 0.3) is 11.0 Å². The summed E-state index contributed by atoms with van der Waals surface area (Å²) in [4.78, 5) is 11.2. The van der Waals surface area contributed by atoms with Gasteiger partial charge in [0.1, 0.15) is 23.6 Å². The minimum Gasteiger partial charge on any atom is -0.346 e. The molecule has 0 saturated heterocycles. The molecule has 2 N–H and O–H groups in total. The summed E-state index contributed by atoms with van der Waals surface area (Å²) in [6, 6.07) is 6.08. The molecule has 4 nitrogen and oxygen atoms in total. The number of rotatable bonds is 2. The summed E-state index contributed by atoms with van der Waals surface area (Å²) in [5, 5.41) is 4.18. The first kappa shape index (κ1) is 11.0. The molecule has 3 rings (SSSR count). The third kappa shape index (κ3) is 2.00. The van der Waals surface area contributed by atoms with Crippen molar-refractivity contribution in [3.63, 3.8) is 0 Å². The van der Waals surface area contributed by atoms with E-state index in [4.69, 9.17) is 11.6 Å². The van der Waals surface area contributed by atoms with Crippen LogP contribution in [-0.2, 0) is 0 Å². The predicted molar refractivity (Wildman–Crippen MR) is 68.6 cm³/mol. The lowest BCUT2D eigenvalue weighted by Crippen LogP contribution is -1.95. The lowest BCUT2D eigenvalue weighted by atomic mass is 10.3. The number of hydrogen-bond donors (Lipinski definition) is 2. The maximum Gasteiger partial charge on any atom is 0.143 e. The first-order chi connectivity index (χ1) is 8.72. The van der Waals surface area contributed by atoms with Gasteiger partial charge in [-0.25, -0.2) is 14.4 Å². The zero-order valence-corrected chi connectivity index (χ0v) is 9.87. The number of aromatic nitrogens is 3. The highest BCUT2D eigenvalue weighted by molar-refractivity contribution is 6.30. The highest BCUT2D eigenvalue weighted by atomic mass is 35.5. The minimum absolute atomic E-state index is 0.330. The lowest BCUT2D eigenvalue weighted by molar-refractivity contribution is 0.628. The first-order valence-corrected chi connectivity index (χ1v) is 5.61. The fourth-order valence-electron chi connectivity index (χ4n) is 1.73. The summed E-state index contributed by atoms with van der Waals surface area (Å²) >= 11 is 5.79. The molecule has 0 unspecified atom stereocenters. The van der Waals surface area contributed by atoms with Gasteiger partial charge in [-0.15, -0.1) is 0 Å². The normalized spacial score (nSPS) is 10.8. The van der Waals surface area contributed by atoms with Crippen molar-refractivity contribution in [1.29, 1.82) is 0 Å². The second-order valence-electron chi connectivity index (χ2n) is 3.75. The molecule has 6 heteroatoms. The molecule has 0 aliphatic carbocycles. The highest BCUT2D eigenvalue weighted by Gasteiger charge is 2.06. The molecule has 2 aromatic heterocycles. The molecular formula is C12H8ClFN4. The Morgan fingerprint density at radius 3 is 2.94 bits per heavy atom. The molecule has 0 spiro atoms. The Kier molecular flexibility index (Phi) is 2.60. The molecular weight excluding hydrogens is 255 g/mol. The summed E-state index contributed by atoms with van der Waals surface area (Å²) in [6.45, 7) is 0. The van der Waals surface area contributed by atoms with Gasteiger partial charge in [0.2, 0.25) is 0 Å². The number of benzene rings is 1. The van der Waals surface area contributed by atoms with Crippen LogP contribution in [0.3, 0.4) is 0 Å². The van der Waals surface area contributed by atoms with E-state index in [2.05, 4.69) is 20.3 Å². The number of halogens is 2. The van der Waals surface area contributed by atoms with Gasteiger partial charge >= 0.3 is 0 Å². The Balaban J connectivity index is 2.03. The van der Waals surface area contributed by atoms with Gasteiger partial charge in [0.25, 0.3) is 0 Å². The van der Waals surface area contributed by atoms with Crippen LogP contribution in [0.2, 0.25) is 5.02 Å². The van der Waals surface area contributed by atoms with Crippen molar-refractivity contribution in [1.82, 2.24) is 15.0 Å². The fourth-order valence-corrected chi connectivity index (χ4v) is 1.96. The van der Waals surface area contributed by atoms with Crippen LogP contribution in [0.5, 0.6) is 0 Å². The number of H-pyrrole nitrogens is 1. The Morgan fingerprint density at radius 1 is 1.22 bits per heavy atom. The van der Waals surface area contributed by atoms with Crippen LogP contribution in [0.4, 0.5) is 15.9 Å². The van der Waals surface area contributed by atoms with Gasteiger partial charge in [-0.2, -0.15) is 0 Å². The summed E-state index contributed by atoms with van der Waals surface area (Å²) in [7, 11) is 0. The summed E-state index contributed by atoms with van der Waals surface area (Å²) in [5.74, 6) is 0.201. The third-order valence-corrected chi connectivity index (χ3v) is 2.70. The van der Waals surface area contributed by atoms with E-state index in [9.17, 15) is 4.39 Å². The van der Waals surface area contributed by atoms with Crippen molar-refractivity contribution in [3.8, 4) is 0 Å². The summed E-state index contributed by atoms with van der Waals surface area (Å²) in [6.07, 6.45) is 3.20. The van der Waals surface area contributed by atoms with Crippen LogP contribution in [-0.4, -0.2) is 15.0 Å². The van der Waals surface area contributed by atoms with E-state index in [-0.39, 0.29) is 0 Å². The van der Waals surface area contributed by atoms with E-state index in [1.165, 1.54) is 18.5 Å². The second-order valence-corrected chi connectivity index (χ2v) is 4.18. The van der Waals surface area contributed by atoms with Crippen molar-refractivity contribution in [2.75, 3.05) is 5.32 Å². The Hall–Kier alpha value is -2.14. The largest absolute Gasteiger partial charge is 0.346 e. The van der Waals surface area contributed by atoms with Crippen LogP contribution < -0.4 is 5.32 Å². The molecule has 0 aliphatic rings. The van der Waals surface area contributed by atoms with E-state index < -0.39 is 5.82 Å². The van der Waals surface area contributed by atoms with E-state index in [1.54, 1.807) is 12.3 Å². The topological polar surface area (TPSA) is 53.6 Å². The van der Waals surface area contributed by atoms with Crippen LogP contribution in [0.1, 0.15) is 0 Å². The fraction of sp³-hybridized carbons (Fsp3) is 0. The SMILES string of the molecule is Fc1cc(Cl)cc(Nc2ncnc3[nH]ccc23)c1. The van der Waals surface area contributed by atoms with E-state index in [0.29, 0.717) is 16.5 Å². The van der Waals surface area contributed by atoms with Gasteiger partial charge in [-0.3, -0.25) is 0 Å². The highest BCUT2D eigenvalue weighted by Crippen LogP contribution is 2.24. The summed E-state index contributed by atoms with van der Waals surface area (Å²) < 4.78 is 13.2. The standard InChI is InChI=1S/C12H8ClFN4/c13-7-3-8(14)5-9(4-7)18-12-10-1-2-15-11(10)16-6-17-12/h1-6H,(H2,15,16,17,18). The first-order valence-electron chi connectivity index (χ1n) is 5.23. The quantitative estimate of drug-likeness (QED) is 0.743. The van der Waals surface area contributed by atoms with E-state index in [1.807, 2.05) is 6.07 Å². The number of hydrogen-bond acceptors (Lipinski definition) is 3. The molecule has 0 bridgehead atoms. The van der Waals surface area contributed by atoms with Gasteiger partial charge < -0.3 is 10.3 Å². The second kappa shape index (κ2) is 4.27. The molecule has 0 aliphatic heterocycles. The molecule has 1 aromatic carbocycles. The van der Waals surface area contributed by atoms with Crippen LogP contribution in [0.15, 0.2) is 36.8 Å². The lowest BCUT2D eigenvalue weighted by Gasteiger charge is -2.06. The molecule has 0 saturated carbocycles. The van der Waals surface area contributed by atoms with Crippen LogP contribution in [0, 0.1) is 5.82 Å². The average Bonchev–Trinajstić information content (AvgIpc) is 2.76. The number of anilines is 2. The molecule has 2 heterocycles. The number of aromatic amines is 1. The average molecular weight is 263 g/mol. The number of nitrogens with one attached hydrogen (secondary N) is 2. The van der Waals surface area contributed by atoms with Crippen molar-refractivity contribution >= 4 is 34.1 Å². The molecule has 0 radical (unpaired) electrons. The maximum absolute atomic E-state index is 13.2. The van der Waals surface area contributed by atoms with Gasteiger partial charge in [0, 0.05) is 16.9 Å². The van der Waals surface area contributed by atoms with Gasteiger partial charge in [0.05, 0.1) is 5.39 Å². The zero-order chi connectivity index (χ0) is 12.5.